The summed E-state index contributed by atoms with van der Waals surface area (Å²) in [5.41, 5.74) is 3.08. The molecule has 0 bridgehead atoms. The Morgan fingerprint density at radius 1 is 1.03 bits per heavy atom. The van der Waals surface area contributed by atoms with Crippen molar-refractivity contribution in [3.63, 3.8) is 0 Å². The number of nitrogens with zero attached hydrogens (tertiary/aromatic N) is 2. The van der Waals surface area contributed by atoms with Crippen LogP contribution < -0.4 is 15.4 Å². The highest BCUT2D eigenvalue weighted by atomic mass is 16.5. The van der Waals surface area contributed by atoms with Crippen molar-refractivity contribution in [2.75, 3.05) is 18.5 Å². The fourth-order valence-electron chi connectivity index (χ4n) is 2.94. The monoisotopic (exact) mass is 390 g/mol. The summed E-state index contributed by atoms with van der Waals surface area (Å²) in [5.74, 6) is 0.878. The molecule has 1 amide bonds. The van der Waals surface area contributed by atoms with Crippen LogP contribution in [-0.2, 0) is 6.42 Å². The Morgan fingerprint density at radius 3 is 2.59 bits per heavy atom. The molecule has 2 N–H and O–H groups in total. The second-order valence-electron chi connectivity index (χ2n) is 6.62. The van der Waals surface area contributed by atoms with Gasteiger partial charge < -0.3 is 15.4 Å². The smallest absolute Gasteiger partial charge is 0.270 e. The van der Waals surface area contributed by atoms with E-state index in [1.54, 1.807) is 6.07 Å². The summed E-state index contributed by atoms with van der Waals surface area (Å²) < 4.78 is 5.62. The van der Waals surface area contributed by atoms with Crippen molar-refractivity contribution >= 4 is 17.5 Å². The molecule has 0 spiro atoms. The van der Waals surface area contributed by atoms with Gasteiger partial charge in [0.25, 0.3) is 5.91 Å². The molecule has 0 aliphatic carbocycles. The van der Waals surface area contributed by atoms with Crippen LogP contribution in [0.15, 0.2) is 60.7 Å². The Kier molecular flexibility index (Phi) is 7.16. The third-order valence-corrected chi connectivity index (χ3v) is 4.29. The molecule has 1 heterocycles. The number of aromatic nitrogens is 2. The lowest BCUT2D eigenvalue weighted by Crippen LogP contribution is -2.26. The number of carbonyl (C=O) groups is 1. The normalized spacial score (nSPS) is 10.4. The Hall–Kier alpha value is -3.41. The van der Waals surface area contributed by atoms with Gasteiger partial charge in [0.1, 0.15) is 11.4 Å². The van der Waals surface area contributed by atoms with Crippen molar-refractivity contribution in [3.05, 3.63) is 77.6 Å². The minimum absolute atomic E-state index is 0.204. The second-order valence-corrected chi connectivity index (χ2v) is 6.62. The number of amides is 1. The van der Waals surface area contributed by atoms with E-state index in [2.05, 4.69) is 32.7 Å². The van der Waals surface area contributed by atoms with Gasteiger partial charge in [0, 0.05) is 12.2 Å². The molecule has 2 aromatic carbocycles. The highest BCUT2D eigenvalue weighted by Crippen LogP contribution is 2.26. The van der Waals surface area contributed by atoms with Crippen molar-refractivity contribution < 1.29 is 9.53 Å². The van der Waals surface area contributed by atoms with Crippen LogP contribution in [0.1, 0.15) is 35.1 Å². The van der Waals surface area contributed by atoms with Crippen molar-refractivity contribution in [2.45, 2.75) is 26.7 Å². The molecule has 29 heavy (non-hydrogen) atoms. The van der Waals surface area contributed by atoms with Crippen molar-refractivity contribution in [2.24, 2.45) is 0 Å². The molecule has 0 saturated carbocycles. The van der Waals surface area contributed by atoms with Gasteiger partial charge in [0.05, 0.1) is 12.3 Å². The molecule has 0 aliphatic heterocycles. The molecule has 3 aromatic rings. The molecular formula is C23H26N4O2. The zero-order valence-electron chi connectivity index (χ0n) is 16.8. The number of rotatable bonds is 9. The molecule has 0 saturated heterocycles. The first kappa shape index (κ1) is 20.3. The molecule has 6 nitrogen and oxygen atoms in total. The van der Waals surface area contributed by atoms with E-state index >= 15 is 0 Å². The molecule has 0 atom stereocenters. The summed E-state index contributed by atoms with van der Waals surface area (Å²) in [5, 5.41) is 6.09. The quantitative estimate of drug-likeness (QED) is 0.533. The average molecular weight is 390 g/mol. The predicted octanol–water partition coefficient (Wildman–Crippen LogP) is 4.29. The Bertz CT molecular complexity index is 945. The van der Waals surface area contributed by atoms with E-state index in [0.29, 0.717) is 36.2 Å². The van der Waals surface area contributed by atoms with Crippen LogP contribution in [0, 0.1) is 6.92 Å². The first-order valence-electron chi connectivity index (χ1n) is 9.82. The van der Waals surface area contributed by atoms with Gasteiger partial charge >= 0.3 is 0 Å². The maximum absolute atomic E-state index is 12.5. The minimum Gasteiger partial charge on any atom is -0.492 e. The summed E-state index contributed by atoms with van der Waals surface area (Å²) in [7, 11) is 0. The highest BCUT2D eigenvalue weighted by molar-refractivity contribution is 5.92. The third kappa shape index (κ3) is 6.04. The number of nitrogens with one attached hydrogen (secondary N) is 2. The Labute approximate surface area is 171 Å². The van der Waals surface area contributed by atoms with E-state index in [1.807, 2.05) is 56.3 Å². The summed E-state index contributed by atoms with van der Waals surface area (Å²) in [6, 6.07) is 19.5. The zero-order valence-corrected chi connectivity index (χ0v) is 16.8. The van der Waals surface area contributed by atoms with Crippen LogP contribution in [0.4, 0.5) is 11.6 Å². The number of hydrogen-bond acceptors (Lipinski definition) is 5. The number of hydrogen-bond donors (Lipinski definition) is 2. The molecule has 6 heteroatoms. The topological polar surface area (TPSA) is 76.1 Å². The van der Waals surface area contributed by atoms with E-state index in [9.17, 15) is 4.79 Å². The number of aryl methyl sites for hydroxylation is 2. The Balaban J connectivity index is 1.61. The minimum atomic E-state index is -0.204. The number of ether oxygens (including phenoxy) is 1. The standard InChI is InChI=1S/C23H26N4O2/c1-3-29-21-14-8-7-13-19(21)26-23-25-17(2)16-20(27-23)22(28)24-15-9-12-18-10-5-4-6-11-18/h4-8,10-11,13-14,16H,3,9,12,15H2,1-2H3,(H,24,28)(H,25,26,27). The molecular weight excluding hydrogens is 364 g/mol. The lowest BCUT2D eigenvalue weighted by atomic mass is 10.1. The average Bonchev–Trinajstić information content (AvgIpc) is 2.73. The third-order valence-electron chi connectivity index (χ3n) is 4.29. The summed E-state index contributed by atoms with van der Waals surface area (Å²) in [6.07, 6.45) is 1.79. The lowest BCUT2D eigenvalue weighted by Gasteiger charge is -2.12. The molecule has 0 unspecified atom stereocenters. The summed E-state index contributed by atoms with van der Waals surface area (Å²) >= 11 is 0. The maximum atomic E-state index is 12.5. The lowest BCUT2D eigenvalue weighted by molar-refractivity contribution is 0.0948. The van der Waals surface area contributed by atoms with Crippen LogP contribution >= 0.6 is 0 Å². The molecule has 3 rings (SSSR count). The van der Waals surface area contributed by atoms with Gasteiger partial charge in [-0.1, -0.05) is 42.5 Å². The maximum Gasteiger partial charge on any atom is 0.270 e. The van der Waals surface area contributed by atoms with Crippen molar-refractivity contribution in [1.82, 2.24) is 15.3 Å². The van der Waals surface area contributed by atoms with Crippen molar-refractivity contribution in [3.8, 4) is 5.75 Å². The summed E-state index contributed by atoms with van der Waals surface area (Å²) in [4.78, 5) is 21.3. The fraction of sp³-hybridized carbons (Fsp3) is 0.261. The van der Waals surface area contributed by atoms with E-state index < -0.39 is 0 Å². The predicted molar refractivity (Wildman–Crippen MR) is 115 cm³/mol. The number of para-hydroxylation sites is 2. The van der Waals surface area contributed by atoms with E-state index in [1.165, 1.54) is 5.56 Å². The van der Waals surface area contributed by atoms with Crippen molar-refractivity contribution in [1.29, 1.82) is 0 Å². The van der Waals surface area contributed by atoms with E-state index in [0.717, 1.165) is 18.5 Å². The van der Waals surface area contributed by atoms with Crippen LogP contribution in [0.5, 0.6) is 5.75 Å². The Morgan fingerprint density at radius 2 is 1.79 bits per heavy atom. The zero-order chi connectivity index (χ0) is 20.5. The second kappa shape index (κ2) is 10.2. The largest absolute Gasteiger partial charge is 0.492 e. The van der Waals surface area contributed by atoms with Gasteiger partial charge in [-0.15, -0.1) is 0 Å². The van der Waals surface area contributed by atoms with Crippen LogP contribution in [-0.4, -0.2) is 29.0 Å². The van der Waals surface area contributed by atoms with Crippen LogP contribution in [0.3, 0.4) is 0 Å². The fourth-order valence-corrected chi connectivity index (χ4v) is 2.94. The van der Waals surface area contributed by atoms with Gasteiger partial charge in [0.15, 0.2) is 0 Å². The van der Waals surface area contributed by atoms with Crippen LogP contribution in [0.2, 0.25) is 0 Å². The molecule has 1 aromatic heterocycles. The SMILES string of the molecule is CCOc1ccccc1Nc1nc(C)cc(C(=O)NCCCc2ccccc2)n1. The van der Waals surface area contributed by atoms with Gasteiger partial charge in [-0.3, -0.25) is 4.79 Å². The van der Waals surface area contributed by atoms with E-state index in [-0.39, 0.29) is 5.91 Å². The molecule has 0 aliphatic rings. The molecule has 150 valence electrons. The molecule has 0 radical (unpaired) electrons. The van der Waals surface area contributed by atoms with Gasteiger partial charge in [-0.25, -0.2) is 9.97 Å². The van der Waals surface area contributed by atoms with Gasteiger partial charge in [0.2, 0.25) is 5.95 Å². The summed E-state index contributed by atoms with van der Waals surface area (Å²) in [6.45, 7) is 4.92. The highest BCUT2D eigenvalue weighted by Gasteiger charge is 2.12. The van der Waals surface area contributed by atoms with Gasteiger partial charge in [-0.2, -0.15) is 0 Å². The van der Waals surface area contributed by atoms with Crippen LogP contribution in [0.25, 0.3) is 0 Å². The van der Waals surface area contributed by atoms with E-state index in [4.69, 9.17) is 4.74 Å². The number of carbonyl (C=O) groups excluding carboxylic acids is 1. The first-order chi connectivity index (χ1) is 14.2. The first-order valence-corrected chi connectivity index (χ1v) is 9.82. The number of anilines is 2. The molecule has 0 fully saturated rings. The van der Waals surface area contributed by atoms with Gasteiger partial charge in [-0.05, 0) is 50.5 Å². The number of benzene rings is 2.